The van der Waals surface area contributed by atoms with Gasteiger partial charge in [-0.1, -0.05) is 13.8 Å². The van der Waals surface area contributed by atoms with Crippen molar-refractivity contribution >= 4 is 0 Å². The molecule has 108 valence electrons. The van der Waals surface area contributed by atoms with Crippen molar-refractivity contribution in [2.75, 3.05) is 26.7 Å². The first kappa shape index (κ1) is 16.0. The van der Waals surface area contributed by atoms with Crippen LogP contribution in [0.2, 0.25) is 0 Å². The van der Waals surface area contributed by atoms with Crippen molar-refractivity contribution in [1.82, 2.24) is 5.32 Å². The molecule has 0 saturated carbocycles. The minimum Gasteiger partial charge on any atom is -0.496 e. The van der Waals surface area contributed by atoms with Crippen molar-refractivity contribution in [3.63, 3.8) is 0 Å². The van der Waals surface area contributed by atoms with Crippen LogP contribution in [0.25, 0.3) is 0 Å². The Kier molecular flexibility index (Phi) is 5.39. The van der Waals surface area contributed by atoms with Crippen molar-refractivity contribution in [3.8, 4) is 5.75 Å². The minimum absolute atomic E-state index is 0.0837. The van der Waals surface area contributed by atoms with Crippen molar-refractivity contribution in [1.29, 1.82) is 0 Å². The number of aryl methyl sites for hydroxylation is 1. The van der Waals surface area contributed by atoms with Gasteiger partial charge >= 0.3 is 0 Å². The molecule has 0 saturated heterocycles. The average molecular weight is 264 g/mol. The molecule has 0 amide bonds. The van der Waals surface area contributed by atoms with Gasteiger partial charge in [0, 0.05) is 25.0 Å². The summed E-state index contributed by atoms with van der Waals surface area (Å²) in [5, 5.41) is 3.42. The van der Waals surface area contributed by atoms with E-state index in [1.807, 2.05) is 0 Å². The Morgan fingerprint density at radius 2 is 1.84 bits per heavy atom. The van der Waals surface area contributed by atoms with Crippen LogP contribution in [0.15, 0.2) is 6.07 Å². The first-order chi connectivity index (χ1) is 8.85. The maximum absolute atomic E-state index is 5.54. The molecule has 0 aliphatic carbocycles. The summed E-state index contributed by atoms with van der Waals surface area (Å²) in [5.41, 5.74) is 10.9. The maximum Gasteiger partial charge on any atom is 0.122 e. The molecular weight excluding hydrogens is 236 g/mol. The van der Waals surface area contributed by atoms with E-state index in [1.54, 1.807) is 7.11 Å². The summed E-state index contributed by atoms with van der Waals surface area (Å²) < 4.78 is 5.44. The Morgan fingerprint density at radius 1 is 1.21 bits per heavy atom. The molecule has 0 heterocycles. The topological polar surface area (TPSA) is 47.3 Å². The highest BCUT2D eigenvalue weighted by Gasteiger charge is 2.25. The summed E-state index contributed by atoms with van der Waals surface area (Å²) in [7, 11) is 1.73. The average Bonchev–Trinajstić information content (AvgIpc) is 2.33. The van der Waals surface area contributed by atoms with Crippen molar-refractivity contribution in [2.45, 2.75) is 40.0 Å². The van der Waals surface area contributed by atoms with E-state index < -0.39 is 0 Å². The molecule has 0 bridgehead atoms. The molecule has 0 spiro atoms. The lowest BCUT2D eigenvalue weighted by Crippen LogP contribution is -2.36. The van der Waals surface area contributed by atoms with Crippen LogP contribution < -0.4 is 15.8 Å². The van der Waals surface area contributed by atoms with Crippen molar-refractivity contribution in [2.24, 2.45) is 5.73 Å². The van der Waals surface area contributed by atoms with Gasteiger partial charge in [0.05, 0.1) is 7.11 Å². The molecule has 0 radical (unpaired) electrons. The Morgan fingerprint density at radius 3 is 2.37 bits per heavy atom. The van der Waals surface area contributed by atoms with Crippen LogP contribution in [-0.4, -0.2) is 26.7 Å². The van der Waals surface area contributed by atoms with E-state index in [2.05, 4.69) is 46.0 Å². The molecule has 0 aliphatic rings. The molecule has 0 atom stereocenters. The summed E-state index contributed by atoms with van der Waals surface area (Å²) >= 11 is 0. The highest BCUT2D eigenvalue weighted by atomic mass is 16.5. The Labute approximate surface area is 117 Å². The molecule has 0 fully saturated rings. The van der Waals surface area contributed by atoms with E-state index in [1.165, 1.54) is 22.3 Å². The highest BCUT2D eigenvalue weighted by Crippen LogP contribution is 2.35. The zero-order valence-corrected chi connectivity index (χ0v) is 13.2. The van der Waals surface area contributed by atoms with Gasteiger partial charge < -0.3 is 15.8 Å². The third kappa shape index (κ3) is 3.48. The molecule has 3 heteroatoms. The number of rotatable bonds is 6. The second-order valence-electron chi connectivity index (χ2n) is 5.87. The molecule has 19 heavy (non-hydrogen) atoms. The van der Waals surface area contributed by atoms with Gasteiger partial charge in [0.1, 0.15) is 5.75 Å². The van der Waals surface area contributed by atoms with Crippen LogP contribution in [0.3, 0.4) is 0 Å². The lowest BCUT2D eigenvalue weighted by atomic mass is 9.78. The number of methoxy groups -OCH3 is 1. The van der Waals surface area contributed by atoms with Crippen LogP contribution in [0.1, 0.15) is 36.1 Å². The standard InChI is InChI=1S/C16H28N2O/c1-11-9-14(19-6)12(2)13(3)15(11)16(4,5)10-18-8-7-17/h9,18H,7-8,10,17H2,1-6H3. The highest BCUT2D eigenvalue weighted by molar-refractivity contribution is 5.51. The second kappa shape index (κ2) is 6.40. The third-order valence-corrected chi connectivity index (χ3v) is 3.83. The van der Waals surface area contributed by atoms with Gasteiger partial charge in [0.25, 0.3) is 0 Å². The molecular formula is C16H28N2O. The molecule has 1 aromatic carbocycles. The third-order valence-electron chi connectivity index (χ3n) is 3.83. The summed E-state index contributed by atoms with van der Waals surface area (Å²) in [6.07, 6.45) is 0. The van der Waals surface area contributed by atoms with Crippen LogP contribution in [0.5, 0.6) is 5.75 Å². The monoisotopic (exact) mass is 264 g/mol. The molecule has 0 aromatic heterocycles. The van der Waals surface area contributed by atoms with Gasteiger partial charge in [-0.15, -0.1) is 0 Å². The van der Waals surface area contributed by atoms with E-state index in [9.17, 15) is 0 Å². The normalized spacial score (nSPS) is 11.7. The Hall–Kier alpha value is -1.06. The number of nitrogens with one attached hydrogen (secondary N) is 1. The fourth-order valence-electron chi connectivity index (χ4n) is 2.89. The quantitative estimate of drug-likeness (QED) is 0.776. The van der Waals surface area contributed by atoms with Gasteiger partial charge in [0.15, 0.2) is 0 Å². The second-order valence-corrected chi connectivity index (χ2v) is 5.87. The number of benzene rings is 1. The summed E-state index contributed by atoms with van der Waals surface area (Å²) in [6.45, 7) is 13.5. The largest absolute Gasteiger partial charge is 0.496 e. The van der Waals surface area contributed by atoms with Gasteiger partial charge in [-0.25, -0.2) is 0 Å². The minimum atomic E-state index is 0.0837. The number of ether oxygens (including phenoxy) is 1. The molecule has 3 N–H and O–H groups in total. The van der Waals surface area contributed by atoms with E-state index in [0.717, 1.165) is 18.8 Å². The van der Waals surface area contributed by atoms with E-state index >= 15 is 0 Å². The first-order valence-electron chi connectivity index (χ1n) is 6.91. The molecule has 1 aromatic rings. The molecule has 3 nitrogen and oxygen atoms in total. The van der Waals surface area contributed by atoms with Crippen LogP contribution in [0.4, 0.5) is 0 Å². The zero-order chi connectivity index (χ0) is 14.6. The summed E-state index contributed by atoms with van der Waals surface area (Å²) in [6, 6.07) is 2.14. The van der Waals surface area contributed by atoms with E-state index in [0.29, 0.717) is 6.54 Å². The number of nitrogens with two attached hydrogens (primary N) is 1. The van der Waals surface area contributed by atoms with E-state index in [4.69, 9.17) is 10.5 Å². The predicted octanol–water partition coefficient (Wildman–Crippen LogP) is 2.45. The van der Waals surface area contributed by atoms with Crippen LogP contribution in [-0.2, 0) is 5.41 Å². The fourth-order valence-corrected chi connectivity index (χ4v) is 2.89. The smallest absolute Gasteiger partial charge is 0.122 e. The molecule has 1 rings (SSSR count). The maximum atomic E-state index is 5.54. The molecule has 0 unspecified atom stereocenters. The molecule has 0 aliphatic heterocycles. The summed E-state index contributed by atoms with van der Waals surface area (Å²) in [5.74, 6) is 0.976. The Balaban J connectivity index is 3.15. The van der Waals surface area contributed by atoms with Crippen molar-refractivity contribution in [3.05, 3.63) is 28.3 Å². The number of hydrogen-bond donors (Lipinski definition) is 2. The fraction of sp³-hybridized carbons (Fsp3) is 0.625. The number of hydrogen-bond acceptors (Lipinski definition) is 3. The zero-order valence-electron chi connectivity index (χ0n) is 13.2. The van der Waals surface area contributed by atoms with Crippen LogP contribution in [0, 0.1) is 20.8 Å². The lowest BCUT2D eigenvalue weighted by Gasteiger charge is -2.31. The Bertz CT molecular complexity index is 439. The lowest BCUT2D eigenvalue weighted by molar-refractivity contribution is 0.408. The predicted molar refractivity (Wildman–Crippen MR) is 82.2 cm³/mol. The van der Waals surface area contributed by atoms with E-state index in [-0.39, 0.29) is 5.41 Å². The SMILES string of the molecule is COc1cc(C)c(C(C)(C)CNCCN)c(C)c1C. The van der Waals surface area contributed by atoms with Gasteiger partial charge in [-0.05, 0) is 49.1 Å². The van der Waals surface area contributed by atoms with Crippen LogP contribution >= 0.6 is 0 Å². The van der Waals surface area contributed by atoms with Crippen molar-refractivity contribution < 1.29 is 4.74 Å². The van der Waals surface area contributed by atoms with Gasteiger partial charge in [0.2, 0.25) is 0 Å². The first-order valence-corrected chi connectivity index (χ1v) is 6.91. The van der Waals surface area contributed by atoms with Gasteiger partial charge in [-0.3, -0.25) is 0 Å². The van der Waals surface area contributed by atoms with Gasteiger partial charge in [-0.2, -0.15) is 0 Å². The summed E-state index contributed by atoms with van der Waals surface area (Å²) in [4.78, 5) is 0.